The van der Waals surface area contributed by atoms with Gasteiger partial charge in [-0.3, -0.25) is 0 Å². The van der Waals surface area contributed by atoms with Gasteiger partial charge in [0, 0.05) is 12.2 Å². The van der Waals surface area contributed by atoms with Crippen molar-refractivity contribution in [3.63, 3.8) is 0 Å². The van der Waals surface area contributed by atoms with Gasteiger partial charge in [0.2, 0.25) is 0 Å². The summed E-state index contributed by atoms with van der Waals surface area (Å²) in [5.74, 6) is 0. The van der Waals surface area contributed by atoms with Crippen molar-refractivity contribution in [3.8, 4) is 0 Å². The summed E-state index contributed by atoms with van der Waals surface area (Å²) in [4.78, 5) is 0. The Labute approximate surface area is 123 Å². The fourth-order valence-corrected chi connectivity index (χ4v) is 2.12. The highest BCUT2D eigenvalue weighted by atomic mass is 14.8. The average Bonchev–Trinajstić information content (AvgIpc) is 2.45. The first-order valence-corrected chi connectivity index (χ1v) is 7.20. The smallest absolute Gasteiger partial charge is 0.0320 e. The van der Waals surface area contributed by atoms with Crippen molar-refractivity contribution in [1.29, 1.82) is 0 Å². The quantitative estimate of drug-likeness (QED) is 0.379. The SMILES string of the molecule is C=CCCCCCNCC(=C)c1ccc(N)cc1C=C. The van der Waals surface area contributed by atoms with Gasteiger partial charge in [0.1, 0.15) is 0 Å². The van der Waals surface area contributed by atoms with Gasteiger partial charge in [-0.2, -0.15) is 0 Å². The third kappa shape index (κ3) is 5.45. The summed E-state index contributed by atoms with van der Waals surface area (Å²) >= 11 is 0. The highest BCUT2D eigenvalue weighted by molar-refractivity contribution is 5.75. The molecule has 0 atom stereocenters. The van der Waals surface area contributed by atoms with Crippen LogP contribution in [0.25, 0.3) is 11.6 Å². The van der Waals surface area contributed by atoms with E-state index in [1.54, 1.807) is 0 Å². The molecular weight excluding hydrogens is 244 g/mol. The number of benzene rings is 1. The summed E-state index contributed by atoms with van der Waals surface area (Å²) in [7, 11) is 0. The number of unbranched alkanes of at least 4 members (excludes halogenated alkanes) is 3. The third-order valence-electron chi connectivity index (χ3n) is 3.28. The van der Waals surface area contributed by atoms with Crippen LogP contribution in [0.3, 0.4) is 0 Å². The minimum absolute atomic E-state index is 0.756. The van der Waals surface area contributed by atoms with E-state index >= 15 is 0 Å². The van der Waals surface area contributed by atoms with E-state index in [0.29, 0.717) is 0 Å². The summed E-state index contributed by atoms with van der Waals surface area (Å²) in [6.07, 6.45) is 8.58. The first-order valence-electron chi connectivity index (χ1n) is 7.20. The molecule has 108 valence electrons. The third-order valence-corrected chi connectivity index (χ3v) is 3.28. The largest absolute Gasteiger partial charge is 0.399 e. The lowest BCUT2D eigenvalue weighted by molar-refractivity contribution is 0.634. The first kappa shape index (κ1) is 16.3. The average molecular weight is 270 g/mol. The lowest BCUT2D eigenvalue weighted by Crippen LogP contribution is -2.17. The molecule has 0 radical (unpaired) electrons. The van der Waals surface area contributed by atoms with Crippen molar-refractivity contribution >= 4 is 17.3 Å². The van der Waals surface area contributed by atoms with Crippen molar-refractivity contribution in [1.82, 2.24) is 5.32 Å². The number of anilines is 1. The van der Waals surface area contributed by atoms with Gasteiger partial charge in [0.15, 0.2) is 0 Å². The van der Waals surface area contributed by atoms with Crippen LogP contribution in [0.2, 0.25) is 0 Å². The molecule has 0 amide bonds. The Kier molecular flexibility index (Phi) is 7.44. The fraction of sp³-hybridized carbons (Fsp3) is 0.333. The normalized spacial score (nSPS) is 10.2. The second-order valence-corrected chi connectivity index (χ2v) is 4.97. The van der Waals surface area contributed by atoms with Gasteiger partial charge in [0.25, 0.3) is 0 Å². The number of allylic oxidation sites excluding steroid dienone is 1. The molecule has 3 N–H and O–H groups in total. The van der Waals surface area contributed by atoms with Crippen molar-refractivity contribution < 1.29 is 0 Å². The second-order valence-electron chi connectivity index (χ2n) is 4.97. The molecule has 0 fully saturated rings. The minimum atomic E-state index is 0.756. The highest BCUT2D eigenvalue weighted by Crippen LogP contribution is 2.21. The standard InChI is InChI=1S/C18H26N2/c1-4-6-7-8-9-12-20-14-15(3)18-11-10-17(19)13-16(18)5-2/h4-5,10-11,13,20H,1-3,6-9,12,14,19H2. The lowest BCUT2D eigenvalue weighted by Gasteiger charge is -2.11. The van der Waals surface area contributed by atoms with Gasteiger partial charge < -0.3 is 11.1 Å². The second kappa shape index (κ2) is 9.16. The van der Waals surface area contributed by atoms with E-state index in [2.05, 4.69) is 25.1 Å². The maximum absolute atomic E-state index is 5.78. The molecule has 0 spiro atoms. The van der Waals surface area contributed by atoms with E-state index in [1.807, 2.05) is 30.4 Å². The van der Waals surface area contributed by atoms with E-state index in [9.17, 15) is 0 Å². The van der Waals surface area contributed by atoms with Gasteiger partial charge in [-0.25, -0.2) is 0 Å². The molecule has 1 aromatic rings. The Balaban J connectivity index is 2.36. The van der Waals surface area contributed by atoms with E-state index in [4.69, 9.17) is 5.73 Å². The first-order chi connectivity index (χ1) is 9.69. The van der Waals surface area contributed by atoms with Gasteiger partial charge in [-0.15, -0.1) is 6.58 Å². The van der Waals surface area contributed by atoms with Gasteiger partial charge in [-0.1, -0.05) is 37.8 Å². The van der Waals surface area contributed by atoms with E-state index in [0.717, 1.165) is 41.9 Å². The summed E-state index contributed by atoms with van der Waals surface area (Å²) < 4.78 is 0. The van der Waals surface area contributed by atoms with Crippen LogP contribution in [0.15, 0.2) is 44.0 Å². The molecule has 1 aromatic carbocycles. The number of hydrogen-bond donors (Lipinski definition) is 2. The van der Waals surface area contributed by atoms with Gasteiger partial charge >= 0.3 is 0 Å². The molecule has 0 aliphatic rings. The Hall–Kier alpha value is -1.80. The zero-order valence-electron chi connectivity index (χ0n) is 12.3. The van der Waals surface area contributed by atoms with E-state index in [1.165, 1.54) is 19.3 Å². The van der Waals surface area contributed by atoms with Crippen LogP contribution in [0, 0.1) is 0 Å². The Bertz CT molecular complexity index is 460. The number of nitrogen functional groups attached to an aromatic ring is 1. The van der Waals surface area contributed by atoms with Gasteiger partial charge in [0.05, 0.1) is 0 Å². The summed E-state index contributed by atoms with van der Waals surface area (Å²) in [6.45, 7) is 13.5. The topological polar surface area (TPSA) is 38.0 Å². The van der Waals surface area contributed by atoms with Gasteiger partial charge in [-0.05, 0) is 54.6 Å². The number of nitrogens with two attached hydrogens (primary N) is 1. The van der Waals surface area contributed by atoms with E-state index in [-0.39, 0.29) is 0 Å². The van der Waals surface area contributed by atoms with Crippen molar-refractivity contribution in [2.24, 2.45) is 0 Å². The number of nitrogens with one attached hydrogen (secondary N) is 1. The van der Waals surface area contributed by atoms with Crippen molar-refractivity contribution in [2.75, 3.05) is 18.8 Å². The Morgan fingerprint density at radius 3 is 2.70 bits per heavy atom. The zero-order chi connectivity index (χ0) is 14.8. The molecule has 20 heavy (non-hydrogen) atoms. The van der Waals surface area contributed by atoms with Crippen LogP contribution in [-0.2, 0) is 0 Å². The molecule has 0 bridgehead atoms. The molecule has 0 aliphatic carbocycles. The predicted molar refractivity (Wildman–Crippen MR) is 91.5 cm³/mol. The highest BCUT2D eigenvalue weighted by Gasteiger charge is 2.04. The summed E-state index contributed by atoms with van der Waals surface area (Å²) in [5, 5.41) is 3.44. The molecule has 2 heteroatoms. The van der Waals surface area contributed by atoms with Crippen molar-refractivity contribution in [3.05, 3.63) is 55.1 Å². The maximum atomic E-state index is 5.78. The van der Waals surface area contributed by atoms with Crippen LogP contribution in [0.1, 0.15) is 36.8 Å². The lowest BCUT2D eigenvalue weighted by atomic mass is 10.00. The van der Waals surface area contributed by atoms with Crippen LogP contribution in [0.4, 0.5) is 5.69 Å². The maximum Gasteiger partial charge on any atom is 0.0320 e. The molecule has 0 saturated heterocycles. The molecule has 0 aliphatic heterocycles. The Morgan fingerprint density at radius 2 is 2.00 bits per heavy atom. The molecule has 2 nitrogen and oxygen atoms in total. The summed E-state index contributed by atoms with van der Waals surface area (Å²) in [5.41, 5.74) is 9.78. The molecule has 1 rings (SSSR count). The van der Waals surface area contributed by atoms with Crippen LogP contribution in [0.5, 0.6) is 0 Å². The fourth-order valence-electron chi connectivity index (χ4n) is 2.12. The molecule has 0 unspecified atom stereocenters. The predicted octanol–water partition coefficient (Wildman–Crippen LogP) is 4.26. The van der Waals surface area contributed by atoms with Crippen molar-refractivity contribution in [2.45, 2.75) is 25.7 Å². The van der Waals surface area contributed by atoms with Crippen LogP contribution < -0.4 is 11.1 Å². The zero-order valence-corrected chi connectivity index (χ0v) is 12.3. The Morgan fingerprint density at radius 1 is 1.20 bits per heavy atom. The minimum Gasteiger partial charge on any atom is -0.399 e. The molecule has 0 heterocycles. The monoisotopic (exact) mass is 270 g/mol. The summed E-state index contributed by atoms with van der Waals surface area (Å²) in [6, 6.07) is 5.85. The van der Waals surface area contributed by atoms with E-state index < -0.39 is 0 Å². The van der Waals surface area contributed by atoms with Crippen LogP contribution in [-0.4, -0.2) is 13.1 Å². The van der Waals surface area contributed by atoms with Crippen LogP contribution >= 0.6 is 0 Å². The number of hydrogen-bond acceptors (Lipinski definition) is 2. The molecule has 0 saturated carbocycles. The molecular formula is C18H26N2. The number of rotatable bonds is 10. The molecule has 0 aromatic heterocycles.